The molecule has 2 heteroatoms. The van der Waals surface area contributed by atoms with Gasteiger partial charge < -0.3 is 0 Å². The van der Waals surface area contributed by atoms with E-state index in [1.807, 2.05) is 25.4 Å². The molecule has 2 heterocycles. The number of aryl methyl sites for hydroxylation is 2. The van der Waals surface area contributed by atoms with Crippen molar-refractivity contribution in [3.8, 4) is 11.3 Å². The minimum Gasteiger partial charge on any atom is -0.261 e. The maximum absolute atomic E-state index is 4.58. The van der Waals surface area contributed by atoms with Crippen LogP contribution in [0.25, 0.3) is 11.3 Å². The number of nitrogens with zero attached hydrogens (tertiary/aromatic N) is 2. The van der Waals surface area contributed by atoms with Gasteiger partial charge in [0.2, 0.25) is 0 Å². The van der Waals surface area contributed by atoms with Gasteiger partial charge in [-0.25, -0.2) is 0 Å². The fraction of sp³-hybridized carbons (Fsp3) is 0.333. The first-order chi connectivity index (χ1) is 8.02. The van der Waals surface area contributed by atoms with Crippen LogP contribution in [-0.2, 0) is 0 Å². The van der Waals surface area contributed by atoms with Gasteiger partial charge in [-0.15, -0.1) is 0 Å². The van der Waals surface area contributed by atoms with Gasteiger partial charge in [-0.3, -0.25) is 9.97 Å². The summed E-state index contributed by atoms with van der Waals surface area (Å²) < 4.78 is 0. The molecule has 2 rings (SSSR count). The summed E-state index contributed by atoms with van der Waals surface area (Å²) in [6, 6.07) is 2.05. The van der Waals surface area contributed by atoms with Gasteiger partial charge in [0.1, 0.15) is 0 Å². The average Bonchev–Trinajstić information content (AvgIpc) is 2.31. The molecule has 0 saturated heterocycles. The van der Waals surface area contributed by atoms with Gasteiger partial charge in [0.25, 0.3) is 0 Å². The lowest BCUT2D eigenvalue weighted by Crippen LogP contribution is -1.98. The van der Waals surface area contributed by atoms with E-state index in [2.05, 4.69) is 37.7 Å². The lowest BCUT2D eigenvalue weighted by Gasteiger charge is -2.13. The first kappa shape index (κ1) is 11.8. The summed E-state index contributed by atoms with van der Waals surface area (Å²) in [4.78, 5) is 8.89. The van der Waals surface area contributed by atoms with E-state index in [0.29, 0.717) is 0 Å². The highest BCUT2D eigenvalue weighted by molar-refractivity contribution is 5.68. The van der Waals surface area contributed by atoms with Crippen molar-refractivity contribution in [2.24, 2.45) is 0 Å². The van der Waals surface area contributed by atoms with E-state index in [1.54, 1.807) is 0 Å². The monoisotopic (exact) mass is 226 g/mol. The topological polar surface area (TPSA) is 25.8 Å². The first-order valence-electron chi connectivity index (χ1n) is 5.87. The van der Waals surface area contributed by atoms with Gasteiger partial charge in [-0.05, 0) is 62.9 Å². The summed E-state index contributed by atoms with van der Waals surface area (Å²) in [5.41, 5.74) is 8.39. The van der Waals surface area contributed by atoms with E-state index in [4.69, 9.17) is 0 Å². The van der Waals surface area contributed by atoms with E-state index in [-0.39, 0.29) is 0 Å². The summed E-state index contributed by atoms with van der Waals surface area (Å²) in [5, 5.41) is 0. The second kappa shape index (κ2) is 4.28. The van der Waals surface area contributed by atoms with Gasteiger partial charge in [-0.2, -0.15) is 0 Å². The zero-order chi connectivity index (χ0) is 12.6. The number of hydrogen-bond acceptors (Lipinski definition) is 2. The second-order valence-electron chi connectivity index (χ2n) is 4.61. The van der Waals surface area contributed by atoms with Crippen LogP contribution in [0.2, 0.25) is 0 Å². The smallest absolute Gasteiger partial charge is 0.0737 e. The van der Waals surface area contributed by atoms with Crippen LogP contribution in [0.3, 0.4) is 0 Å². The summed E-state index contributed by atoms with van der Waals surface area (Å²) in [7, 11) is 0. The molecule has 2 nitrogen and oxygen atoms in total. The molecule has 0 unspecified atom stereocenters. The predicted octanol–water partition coefficient (Wildman–Crippen LogP) is 3.69. The maximum Gasteiger partial charge on any atom is 0.0737 e. The minimum atomic E-state index is 1.07. The van der Waals surface area contributed by atoms with Crippen molar-refractivity contribution < 1.29 is 0 Å². The third-order valence-corrected chi connectivity index (χ3v) is 3.61. The van der Waals surface area contributed by atoms with E-state index in [1.165, 1.54) is 27.8 Å². The highest BCUT2D eigenvalue weighted by atomic mass is 14.7. The molecule has 0 atom stereocenters. The minimum absolute atomic E-state index is 1.07. The lowest BCUT2D eigenvalue weighted by molar-refractivity contribution is 1.12. The summed E-state index contributed by atoms with van der Waals surface area (Å²) in [5.74, 6) is 0. The highest BCUT2D eigenvalue weighted by Crippen LogP contribution is 2.27. The number of pyridine rings is 2. The molecule has 0 aliphatic rings. The van der Waals surface area contributed by atoms with Crippen LogP contribution in [0, 0.1) is 34.6 Å². The molecular weight excluding hydrogens is 208 g/mol. The molecule has 0 bridgehead atoms. The predicted molar refractivity (Wildman–Crippen MR) is 71.2 cm³/mol. The maximum atomic E-state index is 4.58. The van der Waals surface area contributed by atoms with Gasteiger partial charge in [0.15, 0.2) is 0 Å². The molecule has 17 heavy (non-hydrogen) atoms. The molecule has 0 amide bonds. The van der Waals surface area contributed by atoms with Crippen LogP contribution in [0.4, 0.5) is 0 Å². The van der Waals surface area contributed by atoms with Crippen LogP contribution >= 0.6 is 0 Å². The largest absolute Gasteiger partial charge is 0.261 e. The van der Waals surface area contributed by atoms with Crippen molar-refractivity contribution >= 4 is 0 Å². The fourth-order valence-electron chi connectivity index (χ4n) is 2.00. The van der Waals surface area contributed by atoms with Crippen molar-refractivity contribution in [2.75, 3.05) is 0 Å². The molecule has 0 saturated carbocycles. The van der Waals surface area contributed by atoms with E-state index in [9.17, 15) is 0 Å². The van der Waals surface area contributed by atoms with Crippen molar-refractivity contribution in [1.82, 2.24) is 9.97 Å². The van der Waals surface area contributed by atoms with Gasteiger partial charge in [0.05, 0.1) is 5.69 Å². The van der Waals surface area contributed by atoms with Crippen LogP contribution in [0.15, 0.2) is 18.5 Å². The van der Waals surface area contributed by atoms with Crippen molar-refractivity contribution in [2.45, 2.75) is 34.6 Å². The summed E-state index contributed by atoms with van der Waals surface area (Å²) in [6.07, 6.45) is 3.81. The highest BCUT2D eigenvalue weighted by Gasteiger charge is 2.11. The van der Waals surface area contributed by atoms with Crippen molar-refractivity contribution in [3.63, 3.8) is 0 Å². The zero-order valence-corrected chi connectivity index (χ0v) is 11.1. The Morgan fingerprint density at radius 3 is 2.24 bits per heavy atom. The van der Waals surface area contributed by atoms with Crippen LogP contribution in [0.5, 0.6) is 0 Å². The van der Waals surface area contributed by atoms with Crippen LogP contribution < -0.4 is 0 Å². The quantitative estimate of drug-likeness (QED) is 0.741. The average molecular weight is 226 g/mol. The van der Waals surface area contributed by atoms with E-state index >= 15 is 0 Å². The number of hydrogen-bond donors (Lipinski definition) is 0. The van der Waals surface area contributed by atoms with Crippen molar-refractivity contribution in [3.05, 3.63) is 46.4 Å². The van der Waals surface area contributed by atoms with E-state index < -0.39 is 0 Å². The molecule has 0 aliphatic heterocycles. The Balaban J connectivity index is 2.69. The Hall–Kier alpha value is -1.70. The number of aromatic nitrogens is 2. The molecule has 2 aromatic rings. The molecule has 2 aromatic heterocycles. The second-order valence-corrected chi connectivity index (χ2v) is 4.61. The van der Waals surface area contributed by atoms with Gasteiger partial charge in [-0.1, -0.05) is 0 Å². The van der Waals surface area contributed by atoms with Gasteiger partial charge in [0, 0.05) is 23.7 Å². The summed E-state index contributed by atoms with van der Waals surface area (Å²) >= 11 is 0. The molecule has 0 spiro atoms. The van der Waals surface area contributed by atoms with Crippen LogP contribution in [0.1, 0.15) is 27.9 Å². The third-order valence-electron chi connectivity index (χ3n) is 3.61. The Morgan fingerprint density at radius 1 is 0.824 bits per heavy atom. The third kappa shape index (κ3) is 1.95. The zero-order valence-electron chi connectivity index (χ0n) is 11.1. The molecular formula is C15H18N2. The molecule has 0 N–H and O–H groups in total. The summed E-state index contributed by atoms with van der Waals surface area (Å²) in [6.45, 7) is 10.5. The normalized spacial score (nSPS) is 10.6. The Kier molecular flexibility index (Phi) is 2.97. The number of rotatable bonds is 1. The van der Waals surface area contributed by atoms with Crippen LogP contribution in [-0.4, -0.2) is 9.97 Å². The molecule has 0 fully saturated rings. The molecule has 0 aromatic carbocycles. The van der Waals surface area contributed by atoms with E-state index in [0.717, 1.165) is 11.4 Å². The lowest BCUT2D eigenvalue weighted by atomic mass is 9.97. The standard InChI is InChI=1S/C15H18N2/c1-9-8-17-15(11(3)10(9)2)14-6-7-16-13(5)12(14)4/h6-8H,1-5H3. The Morgan fingerprint density at radius 2 is 1.53 bits per heavy atom. The first-order valence-corrected chi connectivity index (χ1v) is 5.87. The molecule has 88 valence electrons. The SMILES string of the molecule is Cc1cnc(-c2ccnc(C)c2C)c(C)c1C. The molecule has 0 radical (unpaired) electrons. The Bertz CT molecular complexity index is 571. The fourth-order valence-corrected chi connectivity index (χ4v) is 2.00. The molecule has 0 aliphatic carbocycles. The van der Waals surface area contributed by atoms with Crippen molar-refractivity contribution in [1.29, 1.82) is 0 Å². The van der Waals surface area contributed by atoms with Gasteiger partial charge >= 0.3 is 0 Å². The Labute approximate surface area is 103 Å².